The summed E-state index contributed by atoms with van der Waals surface area (Å²) in [4.78, 5) is 0. The lowest BCUT2D eigenvalue weighted by molar-refractivity contribution is 0.592. The molecule has 0 radical (unpaired) electrons. The standard InChI is InChI=1S/C24H53OP2/c1-4-7-10-13-16-19-22-27(25-26,23-20-17-14-11-8-5-2)24-21-18-15-12-9-6-3/h4-24,26H2,1-3H3/q+1. The average Bonchev–Trinajstić information content (AvgIpc) is 2.69. The van der Waals surface area contributed by atoms with Crippen molar-refractivity contribution in [1.82, 2.24) is 0 Å². The molecule has 0 aliphatic rings. The minimum Gasteiger partial charge on any atom is -0.225 e. The molecule has 0 rings (SSSR count). The predicted molar refractivity (Wildman–Crippen MR) is 132 cm³/mol. The molecule has 1 atom stereocenters. The van der Waals surface area contributed by atoms with Gasteiger partial charge in [-0.15, -0.1) is 0 Å². The van der Waals surface area contributed by atoms with Crippen molar-refractivity contribution in [2.24, 2.45) is 0 Å². The van der Waals surface area contributed by atoms with Crippen LogP contribution in [0.4, 0.5) is 0 Å². The van der Waals surface area contributed by atoms with Crippen LogP contribution >= 0.6 is 17.0 Å². The highest BCUT2D eigenvalue weighted by Gasteiger charge is 2.36. The maximum absolute atomic E-state index is 6.25. The zero-order chi connectivity index (χ0) is 20.1. The first kappa shape index (κ1) is 27.8. The summed E-state index contributed by atoms with van der Waals surface area (Å²) in [6.07, 6.45) is 29.5. The van der Waals surface area contributed by atoms with Crippen LogP contribution in [0, 0.1) is 0 Å². The zero-order valence-corrected chi connectivity index (χ0v) is 21.3. The van der Waals surface area contributed by atoms with Crippen molar-refractivity contribution in [1.29, 1.82) is 0 Å². The lowest BCUT2D eigenvalue weighted by Crippen LogP contribution is -2.09. The Bertz CT molecular complexity index is 243. The minimum absolute atomic E-state index is 1.18. The summed E-state index contributed by atoms with van der Waals surface area (Å²) in [6, 6.07) is 0. The molecule has 0 spiro atoms. The summed E-state index contributed by atoms with van der Waals surface area (Å²) in [6.45, 7) is 6.92. The molecule has 1 unspecified atom stereocenters. The Kier molecular flexibility index (Phi) is 22.2. The van der Waals surface area contributed by atoms with Crippen LogP contribution in [0.15, 0.2) is 0 Å². The Morgan fingerprint density at radius 1 is 0.444 bits per heavy atom. The second-order valence-electron chi connectivity index (χ2n) is 8.64. The second kappa shape index (κ2) is 21.5. The number of hydrogen-bond donors (Lipinski definition) is 0. The summed E-state index contributed by atoms with van der Waals surface area (Å²) in [5.74, 6) is 0. The van der Waals surface area contributed by atoms with E-state index in [4.69, 9.17) is 4.31 Å². The molecule has 0 N–H and O–H groups in total. The fourth-order valence-electron chi connectivity index (χ4n) is 4.03. The summed E-state index contributed by atoms with van der Waals surface area (Å²) >= 11 is 0. The minimum atomic E-state index is -1.18. The van der Waals surface area contributed by atoms with Gasteiger partial charge in [-0.05, 0) is 38.5 Å². The van der Waals surface area contributed by atoms with Gasteiger partial charge < -0.3 is 0 Å². The first-order valence-corrected chi connectivity index (χ1v) is 15.2. The molecule has 1 nitrogen and oxygen atoms in total. The quantitative estimate of drug-likeness (QED) is 0.125. The molecule has 3 heteroatoms. The Labute approximate surface area is 176 Å². The van der Waals surface area contributed by atoms with E-state index >= 15 is 0 Å². The monoisotopic (exact) mass is 419 g/mol. The number of hydrogen-bond acceptors (Lipinski definition) is 1. The van der Waals surface area contributed by atoms with Crippen LogP contribution in [-0.4, -0.2) is 18.5 Å². The number of unbranched alkanes of at least 4 members (excludes halogenated alkanes) is 15. The topological polar surface area (TPSA) is 9.23 Å². The van der Waals surface area contributed by atoms with E-state index in [0.29, 0.717) is 0 Å². The Hall–Kier alpha value is 0.820. The smallest absolute Gasteiger partial charge is 0.149 e. The fraction of sp³-hybridized carbons (Fsp3) is 1.00. The van der Waals surface area contributed by atoms with Gasteiger partial charge in [0, 0.05) is 0 Å². The van der Waals surface area contributed by atoms with Crippen LogP contribution in [0.2, 0.25) is 0 Å². The molecule has 0 saturated carbocycles. The molecule has 164 valence electrons. The molecule has 0 aromatic carbocycles. The van der Waals surface area contributed by atoms with E-state index in [0.717, 1.165) is 0 Å². The molecule has 0 aliphatic heterocycles. The molecule has 27 heavy (non-hydrogen) atoms. The SMILES string of the molecule is CCCCCCCC[P+](CCCCCCCC)(CCCCCCCC)OP. The zero-order valence-electron chi connectivity index (χ0n) is 19.3. The van der Waals surface area contributed by atoms with E-state index in [1.54, 1.807) is 0 Å². The molecule has 0 fully saturated rings. The van der Waals surface area contributed by atoms with Crippen LogP contribution in [-0.2, 0) is 4.31 Å². The summed E-state index contributed by atoms with van der Waals surface area (Å²) in [5.41, 5.74) is 0. The lowest BCUT2D eigenvalue weighted by atomic mass is 10.1. The molecule has 0 aromatic heterocycles. The van der Waals surface area contributed by atoms with Gasteiger partial charge in [-0.3, -0.25) is 0 Å². The molecule has 0 heterocycles. The van der Waals surface area contributed by atoms with Gasteiger partial charge in [-0.1, -0.05) is 97.8 Å². The molecule has 0 saturated heterocycles. The van der Waals surface area contributed by atoms with Gasteiger partial charge >= 0.3 is 0 Å². The Morgan fingerprint density at radius 3 is 0.963 bits per heavy atom. The van der Waals surface area contributed by atoms with E-state index in [1.807, 2.05) is 0 Å². The van der Waals surface area contributed by atoms with Crippen molar-refractivity contribution in [2.75, 3.05) is 18.5 Å². The van der Waals surface area contributed by atoms with Gasteiger partial charge in [0.25, 0.3) is 0 Å². The third kappa shape index (κ3) is 17.4. The van der Waals surface area contributed by atoms with Crippen molar-refractivity contribution < 1.29 is 4.31 Å². The Balaban J connectivity index is 4.23. The van der Waals surface area contributed by atoms with Gasteiger partial charge in [-0.25, -0.2) is 4.31 Å². The largest absolute Gasteiger partial charge is 0.225 e. The van der Waals surface area contributed by atoms with Crippen LogP contribution in [0.1, 0.15) is 136 Å². The maximum atomic E-state index is 6.25. The highest BCUT2D eigenvalue weighted by Crippen LogP contribution is 2.63. The van der Waals surface area contributed by atoms with Crippen LogP contribution < -0.4 is 0 Å². The Morgan fingerprint density at radius 2 is 0.704 bits per heavy atom. The fourth-order valence-corrected chi connectivity index (χ4v) is 8.37. The lowest BCUT2D eigenvalue weighted by Gasteiger charge is -2.24. The second-order valence-corrected chi connectivity index (χ2v) is 12.9. The van der Waals surface area contributed by atoms with Crippen molar-refractivity contribution in [3.05, 3.63) is 0 Å². The summed E-state index contributed by atoms with van der Waals surface area (Å²) in [5, 5.41) is 0. The molecule has 0 aromatic rings. The van der Waals surface area contributed by atoms with Crippen molar-refractivity contribution in [3.63, 3.8) is 0 Å². The number of rotatable bonds is 22. The van der Waals surface area contributed by atoms with E-state index in [9.17, 15) is 0 Å². The van der Waals surface area contributed by atoms with Crippen LogP contribution in [0.3, 0.4) is 0 Å². The van der Waals surface area contributed by atoms with Crippen LogP contribution in [0.25, 0.3) is 0 Å². The summed E-state index contributed by atoms with van der Waals surface area (Å²) < 4.78 is 6.25. The van der Waals surface area contributed by atoms with Gasteiger partial charge in [0.2, 0.25) is 0 Å². The van der Waals surface area contributed by atoms with Gasteiger partial charge in [-0.2, -0.15) is 0 Å². The van der Waals surface area contributed by atoms with Crippen LogP contribution in [0.5, 0.6) is 0 Å². The molecular formula is C24H53OP2+. The molecule has 0 aliphatic carbocycles. The maximum Gasteiger partial charge on any atom is 0.149 e. The predicted octanol–water partition coefficient (Wildman–Crippen LogP) is 9.81. The van der Waals surface area contributed by atoms with E-state index in [1.165, 1.54) is 134 Å². The van der Waals surface area contributed by atoms with Crippen molar-refractivity contribution >= 4 is 17.0 Å². The van der Waals surface area contributed by atoms with Crippen molar-refractivity contribution in [2.45, 2.75) is 136 Å². The third-order valence-corrected chi connectivity index (χ3v) is 11.2. The van der Waals surface area contributed by atoms with Gasteiger partial charge in [0.15, 0.2) is 0 Å². The first-order valence-electron chi connectivity index (χ1n) is 12.5. The first-order chi connectivity index (χ1) is 13.2. The van der Waals surface area contributed by atoms with E-state index in [2.05, 4.69) is 30.2 Å². The third-order valence-electron chi connectivity index (χ3n) is 5.98. The molecule has 0 amide bonds. The normalized spacial score (nSPS) is 12.0. The van der Waals surface area contributed by atoms with Gasteiger partial charge in [0.05, 0.1) is 28.0 Å². The van der Waals surface area contributed by atoms with Gasteiger partial charge in [0.1, 0.15) is 7.49 Å². The van der Waals surface area contributed by atoms with Crippen molar-refractivity contribution in [3.8, 4) is 0 Å². The summed E-state index contributed by atoms with van der Waals surface area (Å²) in [7, 11) is 1.51. The molecular weight excluding hydrogens is 366 g/mol. The average molecular weight is 420 g/mol. The van der Waals surface area contributed by atoms with E-state index < -0.39 is 7.49 Å². The highest BCUT2D eigenvalue weighted by molar-refractivity contribution is 7.73. The van der Waals surface area contributed by atoms with E-state index in [-0.39, 0.29) is 0 Å². The highest BCUT2D eigenvalue weighted by atomic mass is 31.2. The molecule has 0 bridgehead atoms.